The van der Waals surface area contributed by atoms with Gasteiger partial charge in [0.1, 0.15) is 5.75 Å². The second kappa shape index (κ2) is 6.92. The molecule has 0 bridgehead atoms. The maximum atomic E-state index is 9.36. The van der Waals surface area contributed by atoms with Crippen molar-refractivity contribution in [3.63, 3.8) is 0 Å². The Hall–Kier alpha value is -1.06. The van der Waals surface area contributed by atoms with Crippen molar-refractivity contribution >= 4 is 0 Å². The highest BCUT2D eigenvalue weighted by molar-refractivity contribution is 5.26. The number of ether oxygens (including phenoxy) is 2. The molecule has 0 unspecified atom stereocenters. The van der Waals surface area contributed by atoms with Crippen LogP contribution in [0.1, 0.15) is 31.7 Å². The number of aliphatic hydroxyl groups excluding tert-OH is 1. The molecule has 1 aromatic rings. The van der Waals surface area contributed by atoms with Gasteiger partial charge in [0.2, 0.25) is 0 Å². The first-order valence-corrected chi connectivity index (χ1v) is 7.12. The molecule has 1 saturated carbocycles. The highest BCUT2D eigenvalue weighted by Crippen LogP contribution is 2.35. The monoisotopic (exact) mass is 264 g/mol. The van der Waals surface area contributed by atoms with Crippen molar-refractivity contribution < 1.29 is 14.6 Å². The van der Waals surface area contributed by atoms with Crippen LogP contribution >= 0.6 is 0 Å². The van der Waals surface area contributed by atoms with Crippen LogP contribution < -0.4 is 4.74 Å². The quantitative estimate of drug-likeness (QED) is 0.858. The zero-order chi connectivity index (χ0) is 13.7. The van der Waals surface area contributed by atoms with Crippen LogP contribution in [-0.2, 0) is 11.3 Å². The third kappa shape index (κ3) is 3.71. The maximum Gasteiger partial charge on any atom is 0.118 e. The Morgan fingerprint density at radius 3 is 2.37 bits per heavy atom. The van der Waals surface area contributed by atoms with E-state index in [-0.39, 0.29) is 0 Å². The zero-order valence-corrected chi connectivity index (χ0v) is 11.8. The third-order valence-electron chi connectivity index (χ3n) is 4.20. The predicted molar refractivity (Wildman–Crippen MR) is 75.2 cm³/mol. The molecule has 2 rings (SSSR count). The van der Waals surface area contributed by atoms with Gasteiger partial charge in [-0.2, -0.15) is 0 Å². The van der Waals surface area contributed by atoms with Crippen LogP contribution in [0.25, 0.3) is 0 Å². The fraction of sp³-hybridized carbons (Fsp3) is 0.625. The van der Waals surface area contributed by atoms with Crippen LogP contribution in [0.15, 0.2) is 24.3 Å². The SMILES string of the molecule is CC[C@@H]1C[C@@H](OCc2ccc(OC)cc2)C[C@@H]1CO. The van der Waals surface area contributed by atoms with Gasteiger partial charge in [-0.1, -0.05) is 25.5 Å². The Morgan fingerprint density at radius 1 is 1.16 bits per heavy atom. The molecule has 1 fully saturated rings. The molecule has 3 atom stereocenters. The first-order valence-electron chi connectivity index (χ1n) is 7.12. The molecular weight excluding hydrogens is 240 g/mol. The number of rotatable bonds is 6. The van der Waals surface area contributed by atoms with E-state index in [0.717, 1.165) is 25.0 Å². The molecule has 0 radical (unpaired) electrons. The highest BCUT2D eigenvalue weighted by atomic mass is 16.5. The molecule has 1 aliphatic rings. The molecule has 0 saturated heterocycles. The third-order valence-corrected chi connectivity index (χ3v) is 4.20. The lowest BCUT2D eigenvalue weighted by atomic mass is 9.95. The topological polar surface area (TPSA) is 38.7 Å². The summed E-state index contributed by atoms with van der Waals surface area (Å²) in [4.78, 5) is 0. The number of aliphatic hydroxyl groups is 1. The Morgan fingerprint density at radius 2 is 1.84 bits per heavy atom. The minimum Gasteiger partial charge on any atom is -0.497 e. The molecule has 19 heavy (non-hydrogen) atoms. The van der Waals surface area contributed by atoms with Gasteiger partial charge >= 0.3 is 0 Å². The molecule has 106 valence electrons. The summed E-state index contributed by atoms with van der Waals surface area (Å²) in [6.45, 7) is 3.13. The van der Waals surface area contributed by atoms with Crippen molar-refractivity contribution in [3.05, 3.63) is 29.8 Å². The zero-order valence-electron chi connectivity index (χ0n) is 11.8. The molecule has 1 N–H and O–H groups in total. The molecule has 0 aliphatic heterocycles. The predicted octanol–water partition coefficient (Wildman–Crippen LogP) is 3.01. The lowest BCUT2D eigenvalue weighted by molar-refractivity contribution is 0.0398. The standard InChI is InChI=1S/C16H24O3/c1-3-13-8-16(9-14(13)10-17)19-11-12-4-6-15(18-2)7-5-12/h4-7,13-14,16-17H,3,8-11H2,1-2H3/t13-,14-,16-/m1/s1. The molecule has 3 nitrogen and oxygen atoms in total. The average molecular weight is 264 g/mol. The number of benzene rings is 1. The summed E-state index contributed by atoms with van der Waals surface area (Å²) >= 11 is 0. The smallest absolute Gasteiger partial charge is 0.118 e. The van der Waals surface area contributed by atoms with Gasteiger partial charge in [-0.15, -0.1) is 0 Å². The number of hydrogen-bond acceptors (Lipinski definition) is 3. The first kappa shape index (κ1) is 14.4. The second-order valence-electron chi connectivity index (χ2n) is 5.36. The van der Waals surface area contributed by atoms with Crippen molar-refractivity contribution in [2.75, 3.05) is 13.7 Å². The fourth-order valence-electron chi connectivity index (χ4n) is 2.95. The lowest BCUT2D eigenvalue weighted by Gasteiger charge is -2.13. The largest absolute Gasteiger partial charge is 0.497 e. The van der Waals surface area contributed by atoms with E-state index in [4.69, 9.17) is 9.47 Å². The van der Waals surface area contributed by atoms with Crippen molar-refractivity contribution in [1.29, 1.82) is 0 Å². The maximum absolute atomic E-state index is 9.36. The summed E-state index contributed by atoms with van der Waals surface area (Å²) in [6, 6.07) is 7.99. The molecule has 0 aromatic heterocycles. The summed E-state index contributed by atoms with van der Waals surface area (Å²) in [7, 11) is 1.67. The number of methoxy groups -OCH3 is 1. The van der Waals surface area contributed by atoms with E-state index >= 15 is 0 Å². The summed E-state index contributed by atoms with van der Waals surface area (Å²) in [5.74, 6) is 1.91. The van der Waals surface area contributed by atoms with Gasteiger partial charge in [0, 0.05) is 6.61 Å². The summed E-state index contributed by atoms with van der Waals surface area (Å²) in [5, 5.41) is 9.36. The van der Waals surface area contributed by atoms with Crippen molar-refractivity contribution in [1.82, 2.24) is 0 Å². The van der Waals surface area contributed by atoms with E-state index in [0.29, 0.717) is 31.2 Å². The second-order valence-corrected chi connectivity index (χ2v) is 5.36. The van der Waals surface area contributed by atoms with Gasteiger partial charge in [0.15, 0.2) is 0 Å². The van der Waals surface area contributed by atoms with Crippen molar-refractivity contribution in [3.8, 4) is 5.75 Å². The summed E-state index contributed by atoms with van der Waals surface area (Å²) in [6.07, 6.45) is 3.50. The van der Waals surface area contributed by atoms with Gasteiger partial charge < -0.3 is 14.6 Å². The van der Waals surface area contributed by atoms with E-state index < -0.39 is 0 Å². The summed E-state index contributed by atoms with van der Waals surface area (Å²) < 4.78 is 11.1. The Kier molecular flexibility index (Phi) is 5.23. The van der Waals surface area contributed by atoms with E-state index in [1.807, 2.05) is 24.3 Å². The van der Waals surface area contributed by atoms with Gasteiger partial charge in [-0.25, -0.2) is 0 Å². The van der Waals surface area contributed by atoms with E-state index in [9.17, 15) is 5.11 Å². The van der Waals surface area contributed by atoms with Crippen molar-refractivity contribution in [2.24, 2.45) is 11.8 Å². The van der Waals surface area contributed by atoms with E-state index in [1.165, 1.54) is 5.56 Å². The number of hydrogen-bond donors (Lipinski definition) is 1. The summed E-state index contributed by atoms with van der Waals surface area (Å²) in [5.41, 5.74) is 1.17. The first-order chi connectivity index (χ1) is 9.26. The molecule has 1 aromatic carbocycles. The fourth-order valence-corrected chi connectivity index (χ4v) is 2.95. The minimum absolute atomic E-state index is 0.293. The normalized spacial score (nSPS) is 26.6. The van der Waals surface area contributed by atoms with E-state index in [2.05, 4.69) is 6.92 Å². The average Bonchev–Trinajstić information content (AvgIpc) is 2.88. The van der Waals surface area contributed by atoms with Gasteiger partial charge in [0.25, 0.3) is 0 Å². The van der Waals surface area contributed by atoms with Gasteiger partial charge in [-0.05, 0) is 42.4 Å². The van der Waals surface area contributed by atoms with Crippen LogP contribution in [0, 0.1) is 11.8 Å². The molecule has 0 amide bonds. The molecule has 1 aliphatic carbocycles. The van der Waals surface area contributed by atoms with Crippen LogP contribution in [-0.4, -0.2) is 24.9 Å². The molecule has 3 heteroatoms. The van der Waals surface area contributed by atoms with Gasteiger partial charge in [0.05, 0.1) is 19.8 Å². The minimum atomic E-state index is 0.293. The molecule has 0 heterocycles. The molecule has 0 spiro atoms. The molecular formula is C16H24O3. The lowest BCUT2D eigenvalue weighted by Crippen LogP contribution is -2.11. The Balaban J connectivity index is 1.82. The van der Waals surface area contributed by atoms with Crippen LogP contribution in [0.4, 0.5) is 0 Å². The van der Waals surface area contributed by atoms with Crippen LogP contribution in [0.2, 0.25) is 0 Å². The van der Waals surface area contributed by atoms with Gasteiger partial charge in [-0.3, -0.25) is 0 Å². The van der Waals surface area contributed by atoms with Crippen LogP contribution in [0.5, 0.6) is 5.75 Å². The Bertz CT molecular complexity index is 362. The van der Waals surface area contributed by atoms with E-state index in [1.54, 1.807) is 7.11 Å². The van der Waals surface area contributed by atoms with Crippen LogP contribution in [0.3, 0.4) is 0 Å². The highest BCUT2D eigenvalue weighted by Gasteiger charge is 2.32. The Labute approximate surface area is 115 Å². The van der Waals surface area contributed by atoms with Crippen molar-refractivity contribution in [2.45, 2.75) is 38.9 Å².